The van der Waals surface area contributed by atoms with Crippen molar-refractivity contribution in [1.29, 1.82) is 0 Å². The Bertz CT molecular complexity index is 1290. The molecule has 1 aliphatic rings. The molecule has 1 heterocycles. The number of ether oxygens (including phenoxy) is 1. The zero-order valence-corrected chi connectivity index (χ0v) is 22.0. The Morgan fingerprint density at radius 2 is 1.61 bits per heavy atom. The number of hydrogen-bond acceptors (Lipinski definition) is 3. The van der Waals surface area contributed by atoms with Crippen LogP contribution in [-0.2, 0) is 22.5 Å². The Hall–Kier alpha value is -3.44. The van der Waals surface area contributed by atoms with E-state index in [1.165, 1.54) is 0 Å². The van der Waals surface area contributed by atoms with E-state index in [1.807, 2.05) is 101 Å². The quantitative estimate of drug-likeness (QED) is 0.438. The summed E-state index contributed by atoms with van der Waals surface area (Å²) >= 11 is 0. The van der Waals surface area contributed by atoms with Gasteiger partial charge in [-0.15, -0.1) is 0 Å². The second kappa shape index (κ2) is 9.90. The molecule has 188 valence electrons. The lowest BCUT2D eigenvalue weighted by atomic mass is 9.79. The summed E-state index contributed by atoms with van der Waals surface area (Å²) in [4.78, 5) is 28.3. The number of rotatable bonds is 6. The highest BCUT2D eigenvalue weighted by atomic mass is 16.5. The van der Waals surface area contributed by atoms with Gasteiger partial charge in [-0.3, -0.25) is 4.79 Å². The monoisotopic (exact) mass is 485 g/mol. The summed E-state index contributed by atoms with van der Waals surface area (Å²) in [6, 6.07) is 18.0. The number of hydrogen-bond donors (Lipinski definition) is 1. The normalized spacial score (nSPS) is 14.5. The maximum absolute atomic E-state index is 13.9. The third kappa shape index (κ3) is 5.07. The lowest BCUT2D eigenvalue weighted by Gasteiger charge is -2.35. The van der Waals surface area contributed by atoms with Crippen LogP contribution in [0.5, 0.6) is 0 Å². The predicted octanol–water partition coefficient (Wildman–Crippen LogP) is 6.42. The Morgan fingerprint density at radius 1 is 0.972 bits per heavy atom. The first kappa shape index (κ1) is 25.6. The van der Waals surface area contributed by atoms with Gasteiger partial charge in [0.2, 0.25) is 0 Å². The van der Waals surface area contributed by atoms with Crippen LogP contribution in [0, 0.1) is 20.8 Å². The van der Waals surface area contributed by atoms with E-state index in [0.29, 0.717) is 29.8 Å². The van der Waals surface area contributed by atoms with Crippen molar-refractivity contribution in [2.75, 3.05) is 6.54 Å². The fourth-order valence-electron chi connectivity index (χ4n) is 5.16. The van der Waals surface area contributed by atoms with Gasteiger partial charge in [0.05, 0.1) is 5.60 Å². The number of carboxylic acids is 1. The maximum Gasteiger partial charge on any atom is 0.337 e. The van der Waals surface area contributed by atoms with Crippen LogP contribution in [0.1, 0.15) is 70.6 Å². The molecule has 1 amide bonds. The minimum Gasteiger partial charge on any atom is -0.479 e. The average molecular weight is 486 g/mol. The van der Waals surface area contributed by atoms with E-state index >= 15 is 0 Å². The van der Waals surface area contributed by atoms with Crippen molar-refractivity contribution in [3.63, 3.8) is 0 Å². The van der Waals surface area contributed by atoms with Gasteiger partial charge in [0.25, 0.3) is 5.91 Å². The summed E-state index contributed by atoms with van der Waals surface area (Å²) in [5, 5.41) is 10.3. The molecule has 0 saturated carbocycles. The Balaban J connectivity index is 1.93. The van der Waals surface area contributed by atoms with Gasteiger partial charge in [-0.2, -0.15) is 0 Å². The van der Waals surface area contributed by atoms with Crippen LogP contribution in [0.25, 0.3) is 11.1 Å². The molecule has 1 aliphatic heterocycles. The van der Waals surface area contributed by atoms with Crippen molar-refractivity contribution < 1.29 is 19.4 Å². The first-order valence-electron chi connectivity index (χ1n) is 12.4. The van der Waals surface area contributed by atoms with Gasteiger partial charge < -0.3 is 14.7 Å². The molecular weight excluding hydrogens is 450 g/mol. The van der Waals surface area contributed by atoms with Crippen molar-refractivity contribution in [2.45, 2.75) is 66.2 Å². The Labute approximate surface area is 213 Å². The maximum atomic E-state index is 13.9. The molecule has 3 aromatic rings. The van der Waals surface area contributed by atoms with E-state index in [1.54, 1.807) is 0 Å². The van der Waals surface area contributed by atoms with Crippen LogP contribution in [0.3, 0.4) is 0 Å². The minimum absolute atomic E-state index is 0.0580. The number of nitrogens with zero attached hydrogens (tertiary/aromatic N) is 1. The molecule has 1 unspecified atom stereocenters. The summed E-state index contributed by atoms with van der Waals surface area (Å²) in [7, 11) is 0. The first-order chi connectivity index (χ1) is 17.0. The standard InChI is InChI=1S/C31H35NO4/c1-19-12-14-23(15-13-19)25-20(2)24-16-17-32(18-22-10-8-7-9-11-22)29(33)26(24)21(3)27(25)28(30(34)35)36-31(4,5)6/h7-15,28H,16-18H2,1-6H3,(H,34,35). The first-order valence-corrected chi connectivity index (χ1v) is 12.4. The number of amides is 1. The summed E-state index contributed by atoms with van der Waals surface area (Å²) in [6.45, 7) is 12.6. The lowest BCUT2D eigenvalue weighted by Crippen LogP contribution is -2.39. The van der Waals surface area contributed by atoms with Gasteiger partial charge in [0.15, 0.2) is 6.10 Å². The van der Waals surface area contributed by atoms with Crippen LogP contribution in [0.15, 0.2) is 54.6 Å². The molecule has 0 aliphatic carbocycles. The van der Waals surface area contributed by atoms with Gasteiger partial charge in [-0.1, -0.05) is 60.2 Å². The van der Waals surface area contributed by atoms with Gasteiger partial charge in [0, 0.05) is 24.2 Å². The largest absolute Gasteiger partial charge is 0.479 e. The molecule has 0 saturated heterocycles. The van der Waals surface area contributed by atoms with Crippen molar-refractivity contribution in [3.8, 4) is 11.1 Å². The van der Waals surface area contributed by atoms with Gasteiger partial charge in [-0.25, -0.2) is 4.79 Å². The van der Waals surface area contributed by atoms with Crippen molar-refractivity contribution in [1.82, 2.24) is 4.90 Å². The molecule has 3 aromatic carbocycles. The highest BCUT2D eigenvalue weighted by Gasteiger charge is 2.37. The van der Waals surface area contributed by atoms with Crippen LogP contribution in [-0.4, -0.2) is 34.0 Å². The second-order valence-corrected chi connectivity index (χ2v) is 10.7. The smallest absolute Gasteiger partial charge is 0.337 e. The molecule has 0 radical (unpaired) electrons. The van der Waals surface area contributed by atoms with E-state index < -0.39 is 17.7 Å². The minimum atomic E-state index is -1.21. The number of aryl methyl sites for hydroxylation is 1. The lowest BCUT2D eigenvalue weighted by molar-refractivity contribution is -0.160. The number of aliphatic carboxylic acids is 1. The fraction of sp³-hybridized carbons (Fsp3) is 0.355. The zero-order chi connectivity index (χ0) is 26.2. The van der Waals surface area contributed by atoms with E-state index in [9.17, 15) is 14.7 Å². The van der Waals surface area contributed by atoms with E-state index in [2.05, 4.69) is 0 Å². The molecule has 0 spiro atoms. The Kier molecular flexibility index (Phi) is 7.05. The van der Waals surface area contributed by atoms with E-state index in [0.717, 1.165) is 39.8 Å². The van der Waals surface area contributed by atoms with Gasteiger partial charge in [0.1, 0.15) is 0 Å². The highest BCUT2D eigenvalue weighted by molar-refractivity contribution is 6.01. The fourth-order valence-corrected chi connectivity index (χ4v) is 5.16. The predicted molar refractivity (Wildman–Crippen MR) is 142 cm³/mol. The summed E-state index contributed by atoms with van der Waals surface area (Å²) in [6.07, 6.45) is -0.486. The highest BCUT2D eigenvalue weighted by Crippen LogP contribution is 2.42. The number of benzene rings is 3. The van der Waals surface area contributed by atoms with Crippen LogP contribution in [0.2, 0.25) is 0 Å². The third-order valence-corrected chi connectivity index (χ3v) is 6.82. The number of carbonyl (C=O) groups excluding carboxylic acids is 1. The molecule has 1 N–H and O–H groups in total. The molecule has 0 fully saturated rings. The van der Waals surface area contributed by atoms with Crippen LogP contribution < -0.4 is 0 Å². The number of carboxylic acid groups (broad SMARTS) is 1. The van der Waals surface area contributed by atoms with Crippen molar-refractivity contribution in [2.24, 2.45) is 0 Å². The number of carbonyl (C=O) groups is 2. The molecule has 1 atom stereocenters. The van der Waals surface area contributed by atoms with Crippen molar-refractivity contribution in [3.05, 3.63) is 93.5 Å². The third-order valence-electron chi connectivity index (χ3n) is 6.82. The van der Waals surface area contributed by atoms with E-state index in [-0.39, 0.29) is 5.91 Å². The SMILES string of the molecule is Cc1ccc(-c2c(C)c3c(c(C)c2C(OC(C)(C)C)C(=O)O)C(=O)N(Cc2ccccc2)CC3)cc1. The van der Waals surface area contributed by atoms with Gasteiger partial charge in [-0.05, 0) is 81.3 Å². The summed E-state index contributed by atoms with van der Waals surface area (Å²) < 4.78 is 6.13. The zero-order valence-electron chi connectivity index (χ0n) is 22.0. The molecule has 36 heavy (non-hydrogen) atoms. The molecule has 5 heteroatoms. The molecule has 0 aromatic heterocycles. The van der Waals surface area contributed by atoms with Gasteiger partial charge >= 0.3 is 5.97 Å². The average Bonchev–Trinajstić information content (AvgIpc) is 2.82. The summed E-state index contributed by atoms with van der Waals surface area (Å²) in [5.41, 5.74) is 7.11. The van der Waals surface area contributed by atoms with Crippen LogP contribution in [0.4, 0.5) is 0 Å². The summed E-state index contributed by atoms with van der Waals surface area (Å²) in [5.74, 6) is -1.12. The second-order valence-electron chi connectivity index (χ2n) is 10.7. The molecular formula is C31H35NO4. The topological polar surface area (TPSA) is 66.8 Å². The molecule has 0 bridgehead atoms. The van der Waals surface area contributed by atoms with E-state index in [4.69, 9.17) is 4.74 Å². The molecule has 5 nitrogen and oxygen atoms in total. The van der Waals surface area contributed by atoms with Crippen molar-refractivity contribution >= 4 is 11.9 Å². The molecule has 4 rings (SSSR count). The number of fused-ring (bicyclic) bond motifs is 1. The van der Waals surface area contributed by atoms with Crippen LogP contribution >= 0.6 is 0 Å². The Morgan fingerprint density at radius 3 is 2.19 bits per heavy atom.